The number of ether oxygens (including phenoxy) is 1. The van der Waals surface area contributed by atoms with Crippen molar-refractivity contribution in [3.8, 4) is 5.75 Å². The summed E-state index contributed by atoms with van der Waals surface area (Å²) in [5.41, 5.74) is 6.74. The molecule has 6 nitrogen and oxygen atoms in total. The Labute approximate surface area is 125 Å². The molecule has 0 spiro atoms. The molecule has 0 aliphatic heterocycles. The number of hydrogen-bond acceptors (Lipinski definition) is 4. The van der Waals surface area contributed by atoms with Gasteiger partial charge in [-0.2, -0.15) is 0 Å². The molecule has 0 amide bonds. The third kappa shape index (κ3) is 3.70. The van der Waals surface area contributed by atoms with E-state index in [4.69, 9.17) is 27.5 Å². The van der Waals surface area contributed by atoms with Crippen LogP contribution in [0.15, 0.2) is 42.5 Å². The lowest BCUT2D eigenvalue weighted by molar-refractivity contribution is -0.384. The maximum atomic E-state index is 10.7. The summed E-state index contributed by atoms with van der Waals surface area (Å²) in [5.74, 6) is 0.241. The number of nitro benzene ring substituents is 1. The summed E-state index contributed by atoms with van der Waals surface area (Å²) >= 11 is 5.94. The Hall–Kier alpha value is -2.60. The summed E-state index contributed by atoms with van der Waals surface area (Å²) in [6.45, 7) is 0.207. The fraction of sp³-hybridized carbons (Fsp3) is 0.0714. The van der Waals surface area contributed by atoms with Crippen molar-refractivity contribution in [3.63, 3.8) is 0 Å². The molecule has 2 aromatic carbocycles. The summed E-state index contributed by atoms with van der Waals surface area (Å²) in [5, 5.41) is 18.3. The molecule has 0 aromatic heterocycles. The molecule has 0 aliphatic carbocycles. The van der Waals surface area contributed by atoms with Crippen LogP contribution in [0.1, 0.15) is 11.1 Å². The lowest BCUT2D eigenvalue weighted by Gasteiger charge is -2.08. The van der Waals surface area contributed by atoms with E-state index in [-0.39, 0.29) is 23.9 Å². The number of nitrogens with two attached hydrogens (primary N) is 1. The smallest absolute Gasteiger partial charge is 0.273 e. The van der Waals surface area contributed by atoms with Gasteiger partial charge in [-0.15, -0.1) is 0 Å². The van der Waals surface area contributed by atoms with Crippen molar-refractivity contribution < 1.29 is 9.66 Å². The van der Waals surface area contributed by atoms with Crippen LogP contribution in [0.4, 0.5) is 5.69 Å². The van der Waals surface area contributed by atoms with E-state index < -0.39 is 4.92 Å². The fourth-order valence-corrected chi connectivity index (χ4v) is 1.83. The first-order valence-electron chi connectivity index (χ1n) is 5.97. The van der Waals surface area contributed by atoms with Crippen LogP contribution >= 0.6 is 11.6 Å². The molecule has 0 fully saturated rings. The van der Waals surface area contributed by atoms with Gasteiger partial charge in [0.1, 0.15) is 18.2 Å². The molecule has 0 heterocycles. The predicted molar refractivity (Wildman–Crippen MR) is 79.9 cm³/mol. The second-order valence-corrected chi connectivity index (χ2v) is 4.68. The molecule has 3 N–H and O–H groups in total. The largest absolute Gasteiger partial charge is 0.487 e. The molecule has 0 aliphatic rings. The highest BCUT2D eigenvalue weighted by Crippen LogP contribution is 2.29. The predicted octanol–water partition coefficient (Wildman–Crippen LogP) is 3.11. The first-order valence-corrected chi connectivity index (χ1v) is 6.35. The lowest BCUT2D eigenvalue weighted by atomic mass is 10.1. The summed E-state index contributed by atoms with van der Waals surface area (Å²) in [6.07, 6.45) is 0. The highest BCUT2D eigenvalue weighted by molar-refractivity contribution is 6.32. The number of nitrogens with zero attached hydrogens (tertiary/aromatic N) is 1. The number of nitrogens with one attached hydrogen (secondary N) is 1. The summed E-state index contributed by atoms with van der Waals surface area (Å²) < 4.78 is 5.49. The maximum absolute atomic E-state index is 10.7. The van der Waals surface area contributed by atoms with Gasteiger partial charge in [-0.1, -0.05) is 35.9 Å². The van der Waals surface area contributed by atoms with E-state index in [1.807, 2.05) is 0 Å². The molecule has 0 bridgehead atoms. The van der Waals surface area contributed by atoms with E-state index in [1.54, 1.807) is 24.3 Å². The second kappa shape index (κ2) is 6.23. The Morgan fingerprint density at radius 1 is 1.29 bits per heavy atom. The first kappa shape index (κ1) is 14.8. The number of hydrogen-bond donors (Lipinski definition) is 2. The fourth-order valence-electron chi connectivity index (χ4n) is 1.66. The van der Waals surface area contributed by atoms with Crippen LogP contribution < -0.4 is 10.5 Å². The zero-order chi connectivity index (χ0) is 15.4. The number of rotatable bonds is 5. The van der Waals surface area contributed by atoms with Crippen molar-refractivity contribution in [1.82, 2.24) is 0 Å². The Bertz CT molecular complexity index is 686. The average molecular weight is 306 g/mol. The van der Waals surface area contributed by atoms with E-state index in [0.717, 1.165) is 5.56 Å². The molecular formula is C14H12ClN3O3. The van der Waals surface area contributed by atoms with Gasteiger partial charge in [0.15, 0.2) is 0 Å². The Morgan fingerprint density at radius 3 is 2.52 bits per heavy atom. The van der Waals surface area contributed by atoms with Crippen LogP contribution in [0, 0.1) is 15.5 Å². The van der Waals surface area contributed by atoms with E-state index in [1.165, 1.54) is 18.2 Å². The van der Waals surface area contributed by atoms with Gasteiger partial charge in [-0.25, -0.2) is 0 Å². The summed E-state index contributed by atoms with van der Waals surface area (Å²) in [7, 11) is 0. The number of halogens is 1. The average Bonchev–Trinajstić information content (AvgIpc) is 2.46. The van der Waals surface area contributed by atoms with Crippen molar-refractivity contribution in [3.05, 3.63) is 68.7 Å². The van der Waals surface area contributed by atoms with Crippen LogP contribution in [0.3, 0.4) is 0 Å². The molecule has 0 saturated carbocycles. The second-order valence-electron chi connectivity index (χ2n) is 4.27. The molecule has 21 heavy (non-hydrogen) atoms. The van der Waals surface area contributed by atoms with Gasteiger partial charge in [0.05, 0.1) is 16.0 Å². The van der Waals surface area contributed by atoms with Crippen molar-refractivity contribution in [2.24, 2.45) is 5.73 Å². The number of non-ortho nitro benzene ring substituents is 1. The van der Waals surface area contributed by atoms with Gasteiger partial charge < -0.3 is 10.5 Å². The molecular weight excluding hydrogens is 294 g/mol. The molecule has 108 valence electrons. The number of nitrogen functional groups attached to an aromatic ring is 1. The van der Waals surface area contributed by atoms with Gasteiger partial charge >= 0.3 is 0 Å². The van der Waals surface area contributed by atoms with Crippen LogP contribution in [0.2, 0.25) is 5.02 Å². The molecule has 2 rings (SSSR count). The van der Waals surface area contributed by atoms with Crippen molar-refractivity contribution in [1.29, 1.82) is 5.41 Å². The van der Waals surface area contributed by atoms with E-state index in [2.05, 4.69) is 0 Å². The Kier molecular flexibility index (Phi) is 4.39. The minimum absolute atomic E-state index is 0.0100. The van der Waals surface area contributed by atoms with Crippen LogP contribution in [0.25, 0.3) is 0 Å². The highest BCUT2D eigenvalue weighted by Gasteiger charge is 2.10. The molecule has 0 unspecified atom stereocenters. The monoisotopic (exact) mass is 305 g/mol. The third-order valence-electron chi connectivity index (χ3n) is 2.78. The van der Waals surface area contributed by atoms with Crippen molar-refractivity contribution in [2.75, 3.05) is 0 Å². The van der Waals surface area contributed by atoms with Crippen molar-refractivity contribution >= 4 is 23.1 Å². The molecule has 2 aromatic rings. The first-order chi connectivity index (χ1) is 9.97. The number of amidine groups is 1. The third-order valence-corrected chi connectivity index (χ3v) is 3.10. The minimum atomic E-state index is -0.509. The van der Waals surface area contributed by atoms with E-state index >= 15 is 0 Å². The summed E-state index contributed by atoms with van der Waals surface area (Å²) in [6, 6.07) is 11.0. The standard InChI is InChI=1S/C14H12ClN3O3/c15-12-6-5-11(18(19)20)7-13(12)21-8-9-1-3-10(4-2-9)14(16)17/h1-7H,8H2,(H3,16,17). The van der Waals surface area contributed by atoms with E-state index in [0.29, 0.717) is 10.6 Å². The zero-order valence-corrected chi connectivity index (χ0v) is 11.6. The highest BCUT2D eigenvalue weighted by atomic mass is 35.5. The normalized spacial score (nSPS) is 10.1. The number of nitro groups is 1. The Morgan fingerprint density at radius 2 is 1.95 bits per heavy atom. The summed E-state index contributed by atoms with van der Waals surface area (Å²) in [4.78, 5) is 10.2. The van der Waals surface area contributed by atoms with Crippen LogP contribution in [-0.2, 0) is 6.61 Å². The maximum Gasteiger partial charge on any atom is 0.273 e. The number of benzene rings is 2. The van der Waals surface area contributed by atoms with E-state index in [9.17, 15) is 10.1 Å². The molecule has 7 heteroatoms. The van der Waals surface area contributed by atoms with Gasteiger partial charge in [0.25, 0.3) is 5.69 Å². The minimum Gasteiger partial charge on any atom is -0.487 e. The SMILES string of the molecule is N=C(N)c1ccc(COc2cc([N+](=O)[O-])ccc2Cl)cc1. The van der Waals surface area contributed by atoms with Gasteiger partial charge in [0, 0.05) is 11.6 Å². The van der Waals surface area contributed by atoms with Crippen molar-refractivity contribution in [2.45, 2.75) is 6.61 Å². The molecule has 0 saturated heterocycles. The van der Waals surface area contributed by atoms with Crippen LogP contribution in [-0.4, -0.2) is 10.8 Å². The zero-order valence-electron chi connectivity index (χ0n) is 10.9. The topological polar surface area (TPSA) is 102 Å². The lowest BCUT2D eigenvalue weighted by Crippen LogP contribution is -2.10. The van der Waals surface area contributed by atoms with Crippen LogP contribution in [0.5, 0.6) is 5.75 Å². The Balaban J connectivity index is 2.10. The van der Waals surface area contributed by atoms with Gasteiger partial charge in [0.2, 0.25) is 0 Å². The molecule has 0 atom stereocenters. The van der Waals surface area contributed by atoms with Gasteiger partial charge in [-0.05, 0) is 11.6 Å². The molecule has 0 radical (unpaired) electrons. The van der Waals surface area contributed by atoms with Gasteiger partial charge in [-0.3, -0.25) is 15.5 Å². The quantitative estimate of drug-likeness (QED) is 0.383.